The lowest BCUT2D eigenvalue weighted by molar-refractivity contribution is -0.119. The average molecular weight is 488 g/mol. The van der Waals surface area contributed by atoms with E-state index >= 15 is 0 Å². The van der Waals surface area contributed by atoms with Gasteiger partial charge in [0.1, 0.15) is 18.0 Å². The van der Waals surface area contributed by atoms with Crippen LogP contribution >= 0.6 is 11.6 Å². The lowest BCUT2D eigenvalue weighted by atomic mass is 10.2. The third-order valence-electron chi connectivity index (χ3n) is 4.45. The molecule has 3 rings (SSSR count). The molecule has 0 aliphatic carbocycles. The van der Waals surface area contributed by atoms with E-state index < -0.39 is 22.5 Å². The van der Waals surface area contributed by atoms with E-state index in [-0.39, 0.29) is 16.3 Å². The van der Waals surface area contributed by atoms with Gasteiger partial charge in [-0.25, -0.2) is 13.8 Å². The number of anilines is 1. The number of carbonyl (C=O) groups is 1. The zero-order valence-corrected chi connectivity index (χ0v) is 19.3. The number of benzene rings is 3. The van der Waals surface area contributed by atoms with Gasteiger partial charge in [-0.3, -0.25) is 9.10 Å². The molecule has 0 unspecified atom stereocenters. The predicted molar refractivity (Wildman–Crippen MR) is 127 cm³/mol. The van der Waals surface area contributed by atoms with Crippen LogP contribution in [0.25, 0.3) is 0 Å². The lowest BCUT2D eigenvalue weighted by Crippen LogP contribution is -2.39. The molecule has 8 nitrogen and oxygen atoms in total. The molecule has 0 saturated carbocycles. The van der Waals surface area contributed by atoms with E-state index in [9.17, 15) is 18.3 Å². The molecule has 0 saturated heterocycles. The highest BCUT2D eigenvalue weighted by molar-refractivity contribution is 7.92. The Morgan fingerprint density at radius 2 is 1.76 bits per heavy atom. The zero-order chi connectivity index (χ0) is 23.8. The van der Waals surface area contributed by atoms with Gasteiger partial charge in [0.05, 0.1) is 23.4 Å². The van der Waals surface area contributed by atoms with Gasteiger partial charge in [0.25, 0.3) is 15.9 Å². The highest BCUT2D eigenvalue weighted by atomic mass is 35.5. The quantitative estimate of drug-likeness (QED) is 0.352. The standard InChI is InChI=1S/C23H22ClN3O5S/c1-2-32-20-11-13-21(14-12-20)33(30,31)27(19-9-7-18(24)8-10-19)16-23(29)26-25-15-17-5-3-4-6-22(17)28/h3-15,28H,2,16H2,1H3,(H,26,29)/b25-15-. The number of hydrazone groups is 1. The summed E-state index contributed by atoms with van der Waals surface area (Å²) in [5, 5.41) is 14.0. The van der Waals surface area contributed by atoms with E-state index in [2.05, 4.69) is 10.5 Å². The smallest absolute Gasteiger partial charge is 0.264 e. The molecule has 0 atom stereocenters. The molecule has 172 valence electrons. The Morgan fingerprint density at radius 3 is 2.39 bits per heavy atom. The maximum Gasteiger partial charge on any atom is 0.264 e. The molecule has 0 bridgehead atoms. The van der Waals surface area contributed by atoms with Gasteiger partial charge in [-0.05, 0) is 67.6 Å². The van der Waals surface area contributed by atoms with Crippen LogP contribution in [0.1, 0.15) is 12.5 Å². The van der Waals surface area contributed by atoms with E-state index in [1.165, 1.54) is 48.7 Å². The minimum Gasteiger partial charge on any atom is -0.507 e. The van der Waals surface area contributed by atoms with Crippen LogP contribution in [0.3, 0.4) is 0 Å². The number of phenols is 1. The van der Waals surface area contributed by atoms with Gasteiger partial charge in [-0.1, -0.05) is 23.7 Å². The van der Waals surface area contributed by atoms with Crippen LogP contribution in [0.4, 0.5) is 5.69 Å². The van der Waals surface area contributed by atoms with Crippen LogP contribution in [0.5, 0.6) is 11.5 Å². The number of sulfonamides is 1. The second-order valence-corrected chi connectivity index (χ2v) is 9.04. The van der Waals surface area contributed by atoms with Crippen LogP contribution in [0.2, 0.25) is 5.02 Å². The molecule has 0 fully saturated rings. The Labute approximate surface area is 197 Å². The molecular weight excluding hydrogens is 466 g/mol. The van der Waals surface area contributed by atoms with Crippen LogP contribution in [0, 0.1) is 0 Å². The molecule has 0 spiro atoms. The molecule has 0 aliphatic rings. The van der Waals surface area contributed by atoms with Crippen molar-refractivity contribution < 1.29 is 23.1 Å². The number of ether oxygens (including phenoxy) is 1. The number of hydrogen-bond acceptors (Lipinski definition) is 6. The number of carbonyl (C=O) groups excluding carboxylic acids is 1. The summed E-state index contributed by atoms with van der Waals surface area (Å²) in [6, 6.07) is 18.5. The van der Waals surface area contributed by atoms with Crippen molar-refractivity contribution in [2.75, 3.05) is 17.5 Å². The molecule has 0 radical (unpaired) electrons. The average Bonchev–Trinajstić information content (AvgIpc) is 2.80. The van der Waals surface area contributed by atoms with Crippen molar-refractivity contribution in [3.05, 3.63) is 83.4 Å². The number of para-hydroxylation sites is 1. The summed E-state index contributed by atoms with van der Waals surface area (Å²) in [5.74, 6) is -0.145. The minimum absolute atomic E-state index is 0.00336. The summed E-state index contributed by atoms with van der Waals surface area (Å²) in [5.41, 5.74) is 2.94. The largest absolute Gasteiger partial charge is 0.507 e. The van der Waals surface area contributed by atoms with Gasteiger partial charge in [-0.15, -0.1) is 0 Å². The van der Waals surface area contributed by atoms with Crippen molar-refractivity contribution in [3.8, 4) is 11.5 Å². The third-order valence-corrected chi connectivity index (χ3v) is 6.49. The first-order chi connectivity index (χ1) is 15.8. The number of rotatable bonds is 9. The third kappa shape index (κ3) is 6.24. The fraction of sp³-hybridized carbons (Fsp3) is 0.130. The first-order valence-electron chi connectivity index (χ1n) is 9.92. The number of nitrogens with zero attached hydrogens (tertiary/aromatic N) is 2. The topological polar surface area (TPSA) is 108 Å². The zero-order valence-electron chi connectivity index (χ0n) is 17.7. The molecule has 0 aliphatic heterocycles. The second kappa shape index (κ2) is 10.8. The van der Waals surface area contributed by atoms with Crippen molar-refractivity contribution >= 4 is 39.4 Å². The van der Waals surface area contributed by atoms with E-state index in [1.807, 2.05) is 6.92 Å². The van der Waals surface area contributed by atoms with Gasteiger partial charge >= 0.3 is 0 Å². The Balaban J connectivity index is 1.84. The van der Waals surface area contributed by atoms with Gasteiger partial charge in [0.2, 0.25) is 0 Å². The van der Waals surface area contributed by atoms with Crippen molar-refractivity contribution in [1.29, 1.82) is 0 Å². The molecule has 10 heteroatoms. The summed E-state index contributed by atoms with van der Waals surface area (Å²) < 4.78 is 33.1. The summed E-state index contributed by atoms with van der Waals surface area (Å²) in [4.78, 5) is 12.5. The second-order valence-electron chi connectivity index (χ2n) is 6.74. The van der Waals surface area contributed by atoms with Crippen molar-refractivity contribution in [3.63, 3.8) is 0 Å². The molecule has 0 aromatic heterocycles. The molecule has 2 N–H and O–H groups in total. The van der Waals surface area contributed by atoms with Crippen LogP contribution in [0.15, 0.2) is 82.8 Å². The Bertz CT molecular complexity index is 1230. The molecule has 3 aromatic carbocycles. The number of amides is 1. The predicted octanol–water partition coefficient (Wildman–Crippen LogP) is 3.79. The van der Waals surface area contributed by atoms with Gasteiger partial charge < -0.3 is 9.84 Å². The van der Waals surface area contributed by atoms with Crippen LogP contribution in [-0.4, -0.2) is 38.8 Å². The SMILES string of the molecule is CCOc1ccc(S(=O)(=O)N(CC(=O)N/N=C\c2ccccc2O)c2ccc(Cl)cc2)cc1. The molecule has 1 amide bonds. The van der Waals surface area contributed by atoms with Crippen molar-refractivity contribution in [2.24, 2.45) is 5.10 Å². The van der Waals surface area contributed by atoms with Crippen molar-refractivity contribution in [2.45, 2.75) is 11.8 Å². The summed E-state index contributed by atoms with van der Waals surface area (Å²) in [7, 11) is -4.10. The highest BCUT2D eigenvalue weighted by Gasteiger charge is 2.27. The lowest BCUT2D eigenvalue weighted by Gasteiger charge is -2.23. The summed E-state index contributed by atoms with van der Waals surface area (Å²) in [6.45, 7) is 1.74. The van der Waals surface area contributed by atoms with E-state index in [0.717, 1.165) is 4.31 Å². The first-order valence-corrected chi connectivity index (χ1v) is 11.7. The van der Waals surface area contributed by atoms with Crippen molar-refractivity contribution in [1.82, 2.24) is 5.43 Å². The number of halogens is 1. The number of aromatic hydroxyl groups is 1. The van der Waals surface area contributed by atoms with E-state index in [4.69, 9.17) is 16.3 Å². The number of phenolic OH excluding ortho intramolecular Hbond substituents is 1. The maximum absolute atomic E-state index is 13.4. The summed E-state index contributed by atoms with van der Waals surface area (Å²) >= 11 is 5.94. The molecular formula is C23H22ClN3O5S. The van der Waals surface area contributed by atoms with Gasteiger partial charge in [-0.2, -0.15) is 5.10 Å². The summed E-state index contributed by atoms with van der Waals surface area (Å²) in [6.07, 6.45) is 1.26. The van der Waals surface area contributed by atoms with Crippen LogP contribution < -0.4 is 14.5 Å². The monoisotopic (exact) mass is 487 g/mol. The number of hydrogen-bond donors (Lipinski definition) is 2. The number of nitrogens with one attached hydrogen (secondary N) is 1. The van der Waals surface area contributed by atoms with Gasteiger partial charge in [0, 0.05) is 10.6 Å². The fourth-order valence-corrected chi connectivity index (χ4v) is 4.41. The fourth-order valence-electron chi connectivity index (χ4n) is 2.86. The van der Waals surface area contributed by atoms with E-state index in [0.29, 0.717) is 22.9 Å². The molecule has 3 aromatic rings. The Hall–Kier alpha value is -3.56. The Morgan fingerprint density at radius 1 is 1.09 bits per heavy atom. The minimum atomic E-state index is -4.10. The molecule has 33 heavy (non-hydrogen) atoms. The van der Waals surface area contributed by atoms with Crippen LogP contribution in [-0.2, 0) is 14.8 Å². The van der Waals surface area contributed by atoms with Gasteiger partial charge in [0.15, 0.2) is 0 Å². The first kappa shape index (κ1) is 24.1. The maximum atomic E-state index is 13.4. The normalized spacial score (nSPS) is 11.3. The molecule has 0 heterocycles. The Kier molecular flexibility index (Phi) is 7.92. The van der Waals surface area contributed by atoms with E-state index in [1.54, 1.807) is 30.3 Å². The highest BCUT2D eigenvalue weighted by Crippen LogP contribution is 2.26.